The van der Waals surface area contributed by atoms with E-state index in [1.54, 1.807) is 0 Å². The van der Waals surface area contributed by atoms with E-state index in [1.165, 1.54) is 16.9 Å². The largest absolute Gasteiger partial charge is 0.483 e. The van der Waals surface area contributed by atoms with Gasteiger partial charge < -0.3 is 15.2 Å². The molecule has 1 aromatic carbocycles. The molecule has 7 nitrogen and oxygen atoms in total. The van der Waals surface area contributed by atoms with Gasteiger partial charge in [0.1, 0.15) is 12.3 Å². The molecule has 0 saturated heterocycles. The molecule has 7 heteroatoms. The van der Waals surface area contributed by atoms with Crippen molar-refractivity contribution in [2.75, 3.05) is 11.9 Å². The number of benzene rings is 1. The predicted molar refractivity (Wildman–Crippen MR) is 89.3 cm³/mol. The van der Waals surface area contributed by atoms with Gasteiger partial charge in [0.25, 0.3) is 5.91 Å². The number of rotatable bonds is 7. The summed E-state index contributed by atoms with van der Waals surface area (Å²) in [6.07, 6.45) is 1.49. The van der Waals surface area contributed by atoms with E-state index in [1.807, 2.05) is 25.1 Å². The highest BCUT2D eigenvalue weighted by molar-refractivity contribution is 5.90. The number of ether oxygens (including phenoxy) is 1. The van der Waals surface area contributed by atoms with Crippen molar-refractivity contribution in [3.63, 3.8) is 0 Å². The van der Waals surface area contributed by atoms with Gasteiger partial charge in [-0.05, 0) is 30.0 Å². The average Bonchev–Trinajstić information content (AvgIpc) is 2.91. The van der Waals surface area contributed by atoms with Crippen molar-refractivity contribution in [3.8, 4) is 5.75 Å². The lowest BCUT2D eigenvalue weighted by Gasteiger charge is -2.14. The van der Waals surface area contributed by atoms with E-state index < -0.39 is 5.97 Å². The van der Waals surface area contributed by atoms with Crippen LogP contribution in [0.5, 0.6) is 5.75 Å². The van der Waals surface area contributed by atoms with Gasteiger partial charge in [0.15, 0.2) is 12.4 Å². The maximum absolute atomic E-state index is 12.0. The van der Waals surface area contributed by atoms with Crippen LogP contribution in [-0.4, -0.2) is 33.4 Å². The van der Waals surface area contributed by atoms with Crippen LogP contribution in [0.3, 0.4) is 0 Å². The third-order valence-electron chi connectivity index (χ3n) is 3.36. The fourth-order valence-electron chi connectivity index (χ4n) is 2.22. The van der Waals surface area contributed by atoms with Gasteiger partial charge in [-0.3, -0.25) is 14.3 Å². The number of aliphatic carboxylic acids is 1. The number of hydrogen-bond donors (Lipinski definition) is 2. The van der Waals surface area contributed by atoms with Crippen molar-refractivity contribution < 1.29 is 19.4 Å². The van der Waals surface area contributed by atoms with Crippen molar-refractivity contribution in [1.82, 2.24) is 9.78 Å². The fourth-order valence-corrected chi connectivity index (χ4v) is 2.22. The molecule has 2 rings (SSSR count). The third kappa shape index (κ3) is 4.84. The highest BCUT2D eigenvalue weighted by Crippen LogP contribution is 2.27. The quantitative estimate of drug-likeness (QED) is 0.812. The average molecular weight is 331 g/mol. The van der Waals surface area contributed by atoms with Crippen molar-refractivity contribution in [2.24, 2.45) is 0 Å². The lowest BCUT2D eigenvalue weighted by molar-refractivity contribution is -0.137. The number of aromatic nitrogens is 2. The minimum atomic E-state index is -1.00. The molecule has 1 aromatic heterocycles. The molecule has 24 heavy (non-hydrogen) atoms. The number of carboxylic acid groups (broad SMARTS) is 1. The molecule has 0 aliphatic heterocycles. The topological polar surface area (TPSA) is 93.5 Å². The summed E-state index contributed by atoms with van der Waals surface area (Å²) < 4.78 is 6.88. The predicted octanol–water partition coefficient (Wildman–Crippen LogP) is 2.42. The van der Waals surface area contributed by atoms with Crippen LogP contribution in [0.15, 0.2) is 30.5 Å². The number of carbonyl (C=O) groups excluding carboxylic acids is 1. The summed E-state index contributed by atoms with van der Waals surface area (Å²) in [7, 11) is 0. The molecule has 2 N–H and O–H groups in total. The monoisotopic (exact) mass is 331 g/mol. The number of hydrogen-bond acceptors (Lipinski definition) is 4. The molecule has 2 aromatic rings. The Balaban J connectivity index is 1.95. The van der Waals surface area contributed by atoms with E-state index in [0.29, 0.717) is 5.75 Å². The Morgan fingerprint density at radius 1 is 1.33 bits per heavy atom. The van der Waals surface area contributed by atoms with Gasteiger partial charge in [-0.25, -0.2) is 0 Å². The molecule has 0 fully saturated rings. The number of nitrogens with one attached hydrogen (secondary N) is 1. The molecule has 0 aliphatic carbocycles. The second-order valence-corrected chi connectivity index (χ2v) is 5.83. The molecule has 1 heterocycles. The van der Waals surface area contributed by atoms with Crippen molar-refractivity contribution in [3.05, 3.63) is 41.6 Å². The van der Waals surface area contributed by atoms with Crippen molar-refractivity contribution in [1.29, 1.82) is 0 Å². The lowest BCUT2D eigenvalue weighted by atomic mass is 10.0. The SMILES string of the molecule is Cc1ccc(C(C)C)c(OCC(=O)Nc2ccn(CC(=O)O)n2)c1. The first-order valence-electron chi connectivity index (χ1n) is 7.63. The number of carbonyl (C=O) groups is 2. The zero-order valence-electron chi connectivity index (χ0n) is 13.9. The Bertz CT molecular complexity index is 737. The Morgan fingerprint density at radius 2 is 2.08 bits per heavy atom. The standard InChI is InChI=1S/C17H21N3O4/c1-11(2)13-5-4-12(3)8-14(13)24-10-16(21)18-15-6-7-20(19-15)9-17(22)23/h4-8,11H,9-10H2,1-3H3,(H,22,23)(H,18,19,21). The summed E-state index contributed by atoms with van der Waals surface area (Å²) >= 11 is 0. The summed E-state index contributed by atoms with van der Waals surface area (Å²) in [6, 6.07) is 7.45. The highest BCUT2D eigenvalue weighted by atomic mass is 16.5. The summed E-state index contributed by atoms with van der Waals surface area (Å²) in [5.74, 6) is -0.0862. The fraction of sp³-hybridized carbons (Fsp3) is 0.353. The van der Waals surface area contributed by atoms with Gasteiger partial charge in [-0.1, -0.05) is 26.0 Å². The molecule has 128 valence electrons. The van der Waals surface area contributed by atoms with E-state index in [-0.39, 0.29) is 30.8 Å². The number of aryl methyl sites for hydroxylation is 1. The van der Waals surface area contributed by atoms with Gasteiger partial charge in [-0.2, -0.15) is 5.10 Å². The lowest BCUT2D eigenvalue weighted by Crippen LogP contribution is -2.21. The summed E-state index contributed by atoms with van der Waals surface area (Å²) in [5.41, 5.74) is 2.10. The molecule has 0 aliphatic rings. The molecule has 0 unspecified atom stereocenters. The summed E-state index contributed by atoms with van der Waals surface area (Å²) in [4.78, 5) is 22.6. The van der Waals surface area contributed by atoms with Crippen LogP contribution in [0.1, 0.15) is 30.9 Å². The molecular weight excluding hydrogens is 310 g/mol. The van der Waals surface area contributed by atoms with E-state index >= 15 is 0 Å². The molecule has 0 atom stereocenters. The maximum Gasteiger partial charge on any atom is 0.325 e. The number of anilines is 1. The molecule has 0 spiro atoms. The summed E-state index contributed by atoms with van der Waals surface area (Å²) in [6.45, 7) is 5.69. The smallest absolute Gasteiger partial charge is 0.325 e. The van der Waals surface area contributed by atoms with Crippen LogP contribution in [0.25, 0.3) is 0 Å². The van der Waals surface area contributed by atoms with Gasteiger partial charge in [0, 0.05) is 12.3 Å². The minimum absolute atomic E-state index is 0.144. The second kappa shape index (κ2) is 7.63. The van der Waals surface area contributed by atoms with Gasteiger partial charge in [-0.15, -0.1) is 0 Å². The van der Waals surface area contributed by atoms with Gasteiger partial charge in [0.2, 0.25) is 0 Å². The normalized spacial score (nSPS) is 10.7. The van der Waals surface area contributed by atoms with Crippen molar-refractivity contribution >= 4 is 17.7 Å². The van der Waals surface area contributed by atoms with Gasteiger partial charge in [0.05, 0.1) is 0 Å². The van der Waals surface area contributed by atoms with Crippen LogP contribution >= 0.6 is 0 Å². The van der Waals surface area contributed by atoms with E-state index in [4.69, 9.17) is 9.84 Å². The maximum atomic E-state index is 12.0. The van der Waals surface area contributed by atoms with E-state index in [0.717, 1.165) is 11.1 Å². The molecule has 0 bridgehead atoms. The Hall–Kier alpha value is -2.83. The number of carboxylic acids is 1. The molecular formula is C17H21N3O4. The van der Waals surface area contributed by atoms with Crippen LogP contribution < -0.4 is 10.1 Å². The van der Waals surface area contributed by atoms with Crippen LogP contribution in [0.4, 0.5) is 5.82 Å². The first kappa shape index (κ1) is 17.5. The Morgan fingerprint density at radius 3 is 2.75 bits per heavy atom. The van der Waals surface area contributed by atoms with Crippen molar-refractivity contribution in [2.45, 2.75) is 33.2 Å². The Labute approximate surface area is 140 Å². The minimum Gasteiger partial charge on any atom is -0.483 e. The van der Waals surface area contributed by atoms with Gasteiger partial charge >= 0.3 is 5.97 Å². The number of amides is 1. The molecule has 1 amide bonds. The zero-order valence-corrected chi connectivity index (χ0v) is 13.9. The van der Waals surface area contributed by atoms with E-state index in [2.05, 4.69) is 24.3 Å². The zero-order chi connectivity index (χ0) is 17.7. The first-order chi connectivity index (χ1) is 11.3. The number of nitrogens with zero attached hydrogens (tertiary/aromatic N) is 2. The first-order valence-corrected chi connectivity index (χ1v) is 7.63. The van der Waals surface area contributed by atoms with E-state index in [9.17, 15) is 9.59 Å². The Kier molecular flexibility index (Phi) is 5.57. The summed E-state index contributed by atoms with van der Waals surface area (Å²) in [5, 5.41) is 15.2. The molecule has 0 radical (unpaired) electrons. The third-order valence-corrected chi connectivity index (χ3v) is 3.36. The molecule has 0 saturated carbocycles. The van der Waals surface area contributed by atoms with Crippen LogP contribution in [0.2, 0.25) is 0 Å². The second-order valence-electron chi connectivity index (χ2n) is 5.83. The van der Waals surface area contributed by atoms with Crippen LogP contribution in [-0.2, 0) is 16.1 Å². The highest BCUT2D eigenvalue weighted by Gasteiger charge is 2.11. The van der Waals surface area contributed by atoms with Crippen LogP contribution in [0, 0.1) is 6.92 Å².